The third-order valence-corrected chi connectivity index (χ3v) is 3.85. The van der Waals surface area contributed by atoms with Gasteiger partial charge in [0.2, 0.25) is 0 Å². The van der Waals surface area contributed by atoms with Crippen molar-refractivity contribution in [3.63, 3.8) is 0 Å². The van der Waals surface area contributed by atoms with Crippen LogP contribution in [0.3, 0.4) is 0 Å². The molecule has 0 radical (unpaired) electrons. The zero-order valence-electron chi connectivity index (χ0n) is 9.53. The molecule has 0 atom stereocenters. The molecule has 0 aliphatic rings. The van der Waals surface area contributed by atoms with Crippen LogP contribution in [0.4, 0.5) is 0 Å². The van der Waals surface area contributed by atoms with Crippen molar-refractivity contribution >= 4 is 27.0 Å². The molecule has 5 heteroatoms. The molecule has 3 rings (SSSR count). The van der Waals surface area contributed by atoms with Crippen molar-refractivity contribution in [2.24, 2.45) is 7.05 Å². The predicted octanol–water partition coefficient (Wildman–Crippen LogP) is 3.03. The van der Waals surface area contributed by atoms with Crippen molar-refractivity contribution in [3.8, 4) is 11.3 Å². The highest BCUT2D eigenvalue weighted by molar-refractivity contribution is 9.10. The Bertz CT molecular complexity index is 696. The maximum Gasteiger partial charge on any atom is 0.112 e. The van der Waals surface area contributed by atoms with Gasteiger partial charge < -0.3 is 9.55 Å². The summed E-state index contributed by atoms with van der Waals surface area (Å²) in [6.45, 7) is 1.99. The van der Waals surface area contributed by atoms with E-state index in [9.17, 15) is 0 Å². The van der Waals surface area contributed by atoms with Crippen molar-refractivity contribution in [1.82, 2.24) is 19.5 Å². The summed E-state index contributed by atoms with van der Waals surface area (Å²) in [5, 5.41) is 0. The Labute approximate surface area is 107 Å². The van der Waals surface area contributed by atoms with Crippen LogP contribution in [-0.2, 0) is 7.05 Å². The van der Waals surface area contributed by atoms with Crippen molar-refractivity contribution in [2.75, 3.05) is 0 Å². The molecule has 3 aromatic rings. The second kappa shape index (κ2) is 3.70. The normalized spacial score (nSPS) is 11.2. The van der Waals surface area contributed by atoms with E-state index in [2.05, 4.69) is 36.9 Å². The van der Waals surface area contributed by atoms with Crippen LogP contribution in [0.5, 0.6) is 0 Å². The first-order valence-corrected chi connectivity index (χ1v) is 6.08. The van der Waals surface area contributed by atoms with E-state index in [-0.39, 0.29) is 0 Å². The van der Waals surface area contributed by atoms with Crippen LogP contribution in [0, 0.1) is 6.92 Å². The molecule has 0 unspecified atom stereocenters. The summed E-state index contributed by atoms with van der Waals surface area (Å²) in [5.74, 6) is 0.983. The van der Waals surface area contributed by atoms with E-state index >= 15 is 0 Å². The first kappa shape index (κ1) is 10.5. The van der Waals surface area contributed by atoms with Crippen LogP contribution in [0.15, 0.2) is 29.1 Å². The molecule has 0 bridgehead atoms. The van der Waals surface area contributed by atoms with Gasteiger partial charge in [-0.15, -0.1) is 0 Å². The smallest absolute Gasteiger partial charge is 0.112 e. The number of H-pyrrole nitrogens is 1. The van der Waals surface area contributed by atoms with Crippen LogP contribution < -0.4 is 0 Å². The second-order valence-corrected chi connectivity index (χ2v) is 4.74. The number of fused-ring (bicyclic) bond motifs is 1. The lowest BCUT2D eigenvalue weighted by molar-refractivity contribution is 0.840. The van der Waals surface area contributed by atoms with E-state index in [0.717, 1.165) is 32.7 Å². The van der Waals surface area contributed by atoms with Gasteiger partial charge >= 0.3 is 0 Å². The summed E-state index contributed by atoms with van der Waals surface area (Å²) in [5.41, 5.74) is 4.04. The minimum Gasteiger partial charge on any atom is -0.345 e. The Morgan fingerprint density at radius 1 is 1.35 bits per heavy atom. The highest BCUT2D eigenvalue weighted by atomic mass is 79.9. The van der Waals surface area contributed by atoms with Crippen LogP contribution >= 0.6 is 15.9 Å². The molecule has 2 aromatic heterocycles. The summed E-state index contributed by atoms with van der Waals surface area (Å²) in [6, 6.07) is 6.10. The van der Waals surface area contributed by atoms with Crippen LogP contribution in [0.2, 0.25) is 0 Å². The zero-order valence-corrected chi connectivity index (χ0v) is 11.1. The maximum absolute atomic E-state index is 4.55. The number of imidazole rings is 2. The van der Waals surface area contributed by atoms with E-state index in [4.69, 9.17) is 0 Å². The Morgan fingerprint density at radius 3 is 2.88 bits per heavy atom. The molecule has 0 amide bonds. The molecule has 86 valence electrons. The number of benzene rings is 1. The lowest BCUT2D eigenvalue weighted by atomic mass is 10.1. The molecular weight excluding hydrogens is 280 g/mol. The highest BCUT2D eigenvalue weighted by Gasteiger charge is 2.12. The molecule has 0 aliphatic carbocycles. The molecule has 2 heterocycles. The zero-order chi connectivity index (χ0) is 12.0. The van der Waals surface area contributed by atoms with Crippen LogP contribution in [-0.4, -0.2) is 19.5 Å². The Kier molecular flexibility index (Phi) is 2.29. The van der Waals surface area contributed by atoms with Gasteiger partial charge in [0.1, 0.15) is 16.1 Å². The summed E-state index contributed by atoms with van der Waals surface area (Å²) in [4.78, 5) is 11.9. The molecule has 0 aliphatic heterocycles. The Balaban J connectivity index is 2.22. The predicted molar refractivity (Wildman–Crippen MR) is 70.7 cm³/mol. The molecule has 1 N–H and O–H groups in total. The van der Waals surface area contributed by atoms with Crippen LogP contribution in [0.25, 0.3) is 22.3 Å². The second-order valence-electron chi connectivity index (χ2n) is 3.99. The SMILES string of the molecule is Cc1nc(-c2ccc3nc[nH]c3c2)c(Br)n1C. The number of halogens is 1. The third-order valence-electron chi connectivity index (χ3n) is 2.94. The average Bonchev–Trinajstić information content (AvgIpc) is 2.89. The Morgan fingerprint density at radius 2 is 2.18 bits per heavy atom. The van der Waals surface area contributed by atoms with Gasteiger partial charge in [0.15, 0.2) is 0 Å². The quantitative estimate of drug-likeness (QED) is 0.749. The lowest BCUT2D eigenvalue weighted by Gasteiger charge is -1.99. The van der Waals surface area contributed by atoms with E-state index in [0.29, 0.717) is 0 Å². The van der Waals surface area contributed by atoms with Crippen molar-refractivity contribution < 1.29 is 0 Å². The molecule has 0 fully saturated rings. The van der Waals surface area contributed by atoms with Gasteiger partial charge in [-0.1, -0.05) is 6.07 Å². The van der Waals surface area contributed by atoms with Gasteiger partial charge in [-0.25, -0.2) is 9.97 Å². The minimum atomic E-state index is 0.960. The number of hydrogen-bond acceptors (Lipinski definition) is 2. The minimum absolute atomic E-state index is 0.960. The molecule has 0 saturated carbocycles. The average molecular weight is 291 g/mol. The molecule has 0 saturated heterocycles. The number of aryl methyl sites for hydroxylation is 1. The van der Waals surface area contributed by atoms with Gasteiger partial charge in [0.05, 0.1) is 17.4 Å². The number of hydrogen-bond donors (Lipinski definition) is 1. The van der Waals surface area contributed by atoms with Gasteiger partial charge in [-0.2, -0.15) is 0 Å². The monoisotopic (exact) mass is 290 g/mol. The van der Waals surface area contributed by atoms with E-state index < -0.39 is 0 Å². The van der Waals surface area contributed by atoms with Crippen LogP contribution in [0.1, 0.15) is 5.82 Å². The summed E-state index contributed by atoms with van der Waals surface area (Å²) in [7, 11) is 1.99. The summed E-state index contributed by atoms with van der Waals surface area (Å²) < 4.78 is 3.01. The lowest BCUT2D eigenvalue weighted by Crippen LogP contribution is -1.90. The maximum atomic E-state index is 4.55. The first-order valence-electron chi connectivity index (χ1n) is 5.29. The molecular formula is C12H11BrN4. The van der Waals surface area contributed by atoms with Gasteiger partial charge in [0, 0.05) is 12.6 Å². The number of nitrogens with zero attached hydrogens (tertiary/aromatic N) is 3. The standard InChI is InChI=1S/C12H11BrN4/c1-7-16-11(12(13)17(7)2)8-3-4-9-10(5-8)15-6-14-9/h3-6H,1-2H3,(H,14,15). The van der Waals surface area contributed by atoms with E-state index in [1.807, 2.05) is 30.7 Å². The van der Waals surface area contributed by atoms with E-state index in [1.54, 1.807) is 6.33 Å². The van der Waals surface area contributed by atoms with Crippen molar-refractivity contribution in [2.45, 2.75) is 6.92 Å². The van der Waals surface area contributed by atoms with Gasteiger partial charge in [0.25, 0.3) is 0 Å². The Hall–Kier alpha value is -1.62. The fraction of sp³-hybridized carbons (Fsp3) is 0.167. The fourth-order valence-electron chi connectivity index (χ4n) is 1.85. The molecule has 17 heavy (non-hydrogen) atoms. The summed E-state index contributed by atoms with van der Waals surface area (Å²) in [6.07, 6.45) is 1.70. The topological polar surface area (TPSA) is 46.5 Å². The third kappa shape index (κ3) is 1.58. The highest BCUT2D eigenvalue weighted by Crippen LogP contribution is 2.29. The summed E-state index contributed by atoms with van der Waals surface area (Å²) >= 11 is 3.57. The van der Waals surface area contributed by atoms with Gasteiger partial charge in [-0.05, 0) is 35.0 Å². The number of rotatable bonds is 1. The molecule has 0 spiro atoms. The number of aromatic amines is 1. The number of nitrogens with one attached hydrogen (secondary N) is 1. The van der Waals surface area contributed by atoms with E-state index in [1.165, 1.54) is 0 Å². The molecule has 4 nitrogen and oxygen atoms in total. The number of aromatic nitrogens is 4. The van der Waals surface area contributed by atoms with Crippen molar-refractivity contribution in [1.29, 1.82) is 0 Å². The first-order chi connectivity index (χ1) is 8.16. The van der Waals surface area contributed by atoms with Crippen molar-refractivity contribution in [3.05, 3.63) is 35.0 Å². The molecule has 1 aromatic carbocycles. The fourth-order valence-corrected chi connectivity index (χ4v) is 2.42. The largest absolute Gasteiger partial charge is 0.345 e. The van der Waals surface area contributed by atoms with Gasteiger partial charge in [-0.3, -0.25) is 0 Å².